The maximum absolute atomic E-state index is 5.76. The van der Waals surface area contributed by atoms with Crippen molar-refractivity contribution in [3.63, 3.8) is 0 Å². The van der Waals surface area contributed by atoms with Crippen molar-refractivity contribution >= 4 is 26.7 Å². The van der Waals surface area contributed by atoms with E-state index in [9.17, 15) is 0 Å². The summed E-state index contributed by atoms with van der Waals surface area (Å²) in [5, 5.41) is 3.36. The zero-order chi connectivity index (χ0) is 12.8. The number of rotatable bonds is 6. The van der Waals surface area contributed by atoms with Crippen molar-refractivity contribution in [3.8, 4) is 5.75 Å². The molecule has 2 nitrogen and oxygen atoms in total. The average molecular weight is 309 g/mol. The van der Waals surface area contributed by atoms with Crippen LogP contribution < -0.4 is 4.74 Å². The third-order valence-corrected chi connectivity index (χ3v) is 3.23. The van der Waals surface area contributed by atoms with Gasteiger partial charge in [-0.3, -0.25) is 0 Å². The van der Waals surface area contributed by atoms with Crippen molar-refractivity contribution in [2.45, 2.75) is 6.42 Å². The van der Waals surface area contributed by atoms with Crippen LogP contribution >= 0.6 is 15.9 Å². The van der Waals surface area contributed by atoms with Crippen LogP contribution in [-0.4, -0.2) is 25.7 Å². The van der Waals surface area contributed by atoms with Gasteiger partial charge in [0.05, 0.1) is 6.61 Å². The van der Waals surface area contributed by atoms with E-state index in [1.54, 1.807) is 7.11 Å². The number of benzene rings is 2. The normalized spacial score (nSPS) is 10.8. The summed E-state index contributed by atoms with van der Waals surface area (Å²) in [5.74, 6) is 0.931. The highest BCUT2D eigenvalue weighted by Crippen LogP contribution is 2.26. The zero-order valence-corrected chi connectivity index (χ0v) is 12.1. The number of methoxy groups -OCH3 is 1. The van der Waals surface area contributed by atoms with E-state index in [-0.39, 0.29) is 0 Å². The number of halogens is 1. The minimum absolute atomic E-state index is 0.582. The van der Waals surface area contributed by atoms with Crippen molar-refractivity contribution < 1.29 is 9.47 Å². The highest BCUT2D eigenvalue weighted by atomic mass is 79.9. The van der Waals surface area contributed by atoms with Crippen LogP contribution in [0.5, 0.6) is 5.75 Å². The van der Waals surface area contributed by atoms with Gasteiger partial charge in [-0.05, 0) is 29.5 Å². The number of ether oxygens (including phenoxy) is 2. The van der Waals surface area contributed by atoms with Gasteiger partial charge in [0.1, 0.15) is 12.4 Å². The van der Waals surface area contributed by atoms with E-state index in [2.05, 4.69) is 40.2 Å². The van der Waals surface area contributed by atoms with Gasteiger partial charge in [0.2, 0.25) is 0 Å². The maximum atomic E-state index is 5.76. The van der Waals surface area contributed by atoms with E-state index < -0.39 is 0 Å². The van der Waals surface area contributed by atoms with E-state index in [1.807, 2.05) is 12.1 Å². The molecule has 0 heterocycles. The molecule has 0 N–H and O–H groups in total. The van der Waals surface area contributed by atoms with Crippen molar-refractivity contribution in [3.05, 3.63) is 42.0 Å². The van der Waals surface area contributed by atoms with E-state index in [0.717, 1.165) is 17.5 Å². The predicted molar refractivity (Wildman–Crippen MR) is 78.8 cm³/mol. The Hall–Kier alpha value is -1.06. The maximum Gasteiger partial charge on any atom is 0.127 e. The van der Waals surface area contributed by atoms with Gasteiger partial charge in [0.15, 0.2) is 0 Å². The molecule has 0 aromatic heterocycles. The molecule has 0 atom stereocenters. The van der Waals surface area contributed by atoms with Gasteiger partial charge in [-0.25, -0.2) is 0 Å². The number of alkyl halides is 1. The van der Waals surface area contributed by atoms with Crippen molar-refractivity contribution in [2.75, 3.05) is 25.7 Å². The van der Waals surface area contributed by atoms with Crippen molar-refractivity contribution in [2.24, 2.45) is 0 Å². The van der Waals surface area contributed by atoms with Crippen LogP contribution in [0.4, 0.5) is 0 Å². The Morgan fingerprint density at radius 1 is 1.11 bits per heavy atom. The molecule has 0 saturated carbocycles. The third-order valence-electron chi connectivity index (χ3n) is 2.83. The molecule has 0 aliphatic rings. The first-order valence-corrected chi connectivity index (χ1v) is 7.16. The molecule has 0 aliphatic heterocycles. The Balaban J connectivity index is 2.29. The Labute approximate surface area is 116 Å². The summed E-state index contributed by atoms with van der Waals surface area (Å²) < 4.78 is 10.8. The van der Waals surface area contributed by atoms with Crippen molar-refractivity contribution in [1.82, 2.24) is 0 Å². The Morgan fingerprint density at radius 2 is 2.00 bits per heavy atom. The topological polar surface area (TPSA) is 18.5 Å². The minimum Gasteiger partial charge on any atom is -0.491 e. The van der Waals surface area contributed by atoms with Crippen LogP contribution in [0.25, 0.3) is 10.8 Å². The second-order valence-electron chi connectivity index (χ2n) is 4.09. The van der Waals surface area contributed by atoms with E-state index in [1.165, 1.54) is 16.3 Å². The minimum atomic E-state index is 0.582. The van der Waals surface area contributed by atoms with E-state index >= 15 is 0 Å². The fourth-order valence-corrected chi connectivity index (χ4v) is 2.37. The quantitative estimate of drug-likeness (QED) is 0.597. The molecule has 0 fully saturated rings. The Morgan fingerprint density at radius 3 is 2.78 bits per heavy atom. The molecule has 0 radical (unpaired) electrons. The van der Waals surface area contributed by atoms with Gasteiger partial charge in [0, 0.05) is 17.8 Å². The molecular formula is C15H17BrO2. The number of fused-ring (bicyclic) bond motifs is 1. The zero-order valence-electron chi connectivity index (χ0n) is 10.5. The highest BCUT2D eigenvalue weighted by Gasteiger charge is 2.03. The highest BCUT2D eigenvalue weighted by molar-refractivity contribution is 9.09. The van der Waals surface area contributed by atoms with Gasteiger partial charge in [-0.1, -0.05) is 40.2 Å². The van der Waals surface area contributed by atoms with Crippen molar-refractivity contribution in [1.29, 1.82) is 0 Å². The molecule has 0 saturated heterocycles. The average Bonchev–Trinajstić information content (AvgIpc) is 2.40. The summed E-state index contributed by atoms with van der Waals surface area (Å²) >= 11 is 3.47. The monoisotopic (exact) mass is 308 g/mol. The number of aryl methyl sites for hydroxylation is 1. The molecule has 2 aromatic rings. The van der Waals surface area contributed by atoms with Crippen LogP contribution in [-0.2, 0) is 11.2 Å². The van der Waals surface area contributed by atoms with E-state index in [0.29, 0.717) is 13.2 Å². The first-order valence-electron chi connectivity index (χ1n) is 6.04. The number of hydrogen-bond donors (Lipinski definition) is 0. The number of hydrogen-bond acceptors (Lipinski definition) is 2. The molecule has 18 heavy (non-hydrogen) atoms. The SMILES string of the molecule is COCCOc1cccc2ccc(CCBr)cc12. The molecule has 0 aliphatic carbocycles. The lowest BCUT2D eigenvalue weighted by Crippen LogP contribution is -2.04. The summed E-state index contributed by atoms with van der Waals surface area (Å²) in [6.45, 7) is 1.19. The molecule has 0 bridgehead atoms. The van der Waals surface area contributed by atoms with Gasteiger partial charge in [0.25, 0.3) is 0 Å². The fraction of sp³-hybridized carbons (Fsp3) is 0.333. The van der Waals surface area contributed by atoms with Gasteiger partial charge in [-0.15, -0.1) is 0 Å². The Bertz CT molecular complexity index is 511. The summed E-state index contributed by atoms with van der Waals surface area (Å²) in [6, 6.07) is 12.7. The lowest BCUT2D eigenvalue weighted by atomic mass is 10.0. The first-order chi connectivity index (χ1) is 8.85. The van der Waals surface area contributed by atoms with Crippen LogP contribution in [0.15, 0.2) is 36.4 Å². The molecule has 3 heteroatoms. The summed E-state index contributed by atoms with van der Waals surface area (Å²) in [4.78, 5) is 0. The molecular weight excluding hydrogens is 292 g/mol. The standard InChI is InChI=1S/C15H17BrO2/c1-17-9-10-18-15-4-2-3-13-6-5-12(7-8-16)11-14(13)15/h2-6,11H,7-10H2,1H3. The molecule has 0 amide bonds. The van der Waals surface area contributed by atoms with Crippen LogP contribution in [0.3, 0.4) is 0 Å². The van der Waals surface area contributed by atoms with Crippen LogP contribution in [0.1, 0.15) is 5.56 Å². The van der Waals surface area contributed by atoms with Gasteiger partial charge >= 0.3 is 0 Å². The Kier molecular flexibility index (Phi) is 5.02. The lowest BCUT2D eigenvalue weighted by Gasteiger charge is -2.10. The van der Waals surface area contributed by atoms with Gasteiger partial charge < -0.3 is 9.47 Å². The predicted octanol–water partition coefficient (Wildman–Crippen LogP) is 3.80. The van der Waals surface area contributed by atoms with Gasteiger partial charge in [-0.2, -0.15) is 0 Å². The first kappa shape index (κ1) is 13.4. The second kappa shape index (κ2) is 6.76. The molecule has 96 valence electrons. The third kappa shape index (κ3) is 3.24. The molecule has 2 rings (SSSR count). The smallest absolute Gasteiger partial charge is 0.127 e. The molecule has 0 unspecified atom stereocenters. The van der Waals surface area contributed by atoms with E-state index in [4.69, 9.17) is 9.47 Å². The summed E-state index contributed by atoms with van der Waals surface area (Å²) in [5.41, 5.74) is 1.32. The fourth-order valence-electron chi connectivity index (χ4n) is 1.92. The second-order valence-corrected chi connectivity index (χ2v) is 4.88. The summed E-state index contributed by atoms with van der Waals surface area (Å²) in [6.07, 6.45) is 1.03. The summed E-state index contributed by atoms with van der Waals surface area (Å²) in [7, 11) is 1.68. The molecule has 2 aromatic carbocycles. The molecule has 0 spiro atoms. The lowest BCUT2D eigenvalue weighted by molar-refractivity contribution is 0.147. The van der Waals surface area contributed by atoms with Crippen LogP contribution in [0, 0.1) is 0 Å². The van der Waals surface area contributed by atoms with Crippen LogP contribution in [0.2, 0.25) is 0 Å². The largest absolute Gasteiger partial charge is 0.491 e.